The Morgan fingerprint density at radius 2 is 1.65 bits per heavy atom. The highest BCUT2D eigenvalue weighted by atomic mass is 16.5. The molecule has 3 rings (SSSR count). The number of carbonyl (C=O) groups excluding carboxylic acids is 2. The molecule has 0 saturated heterocycles. The Morgan fingerprint density at radius 1 is 0.962 bits per heavy atom. The number of rotatable bonds is 3. The van der Waals surface area contributed by atoms with E-state index in [1.54, 1.807) is 24.3 Å². The predicted octanol–water partition coefficient (Wildman–Crippen LogP) is 3.63. The number of fused-ring (bicyclic) bond motifs is 1. The standard InChI is InChI=1S/C21H22N2O3/c1-21(2,3)23-20(25)16-9-5-6-10-17(16)22-19(24)15-12-14-8-4-7-11-18(14)26-13-15/h4-12H,13H2,1-3H3,(H,22,24)(H,23,25). The van der Waals surface area contributed by atoms with Gasteiger partial charge in [-0.2, -0.15) is 0 Å². The molecule has 0 radical (unpaired) electrons. The Balaban J connectivity index is 1.81. The number of nitrogens with one attached hydrogen (secondary N) is 2. The average Bonchev–Trinajstić information content (AvgIpc) is 2.60. The molecule has 2 amide bonds. The molecular formula is C21H22N2O3. The molecule has 0 bridgehead atoms. The van der Waals surface area contributed by atoms with Gasteiger partial charge < -0.3 is 15.4 Å². The number of carbonyl (C=O) groups is 2. The van der Waals surface area contributed by atoms with E-state index in [1.165, 1.54) is 0 Å². The zero-order chi connectivity index (χ0) is 18.7. The van der Waals surface area contributed by atoms with Crippen molar-refractivity contribution in [3.8, 4) is 5.75 Å². The maximum Gasteiger partial charge on any atom is 0.255 e. The third-order valence-corrected chi connectivity index (χ3v) is 3.83. The fourth-order valence-electron chi connectivity index (χ4n) is 2.65. The quantitative estimate of drug-likeness (QED) is 0.888. The van der Waals surface area contributed by atoms with Gasteiger partial charge in [-0.25, -0.2) is 0 Å². The lowest BCUT2D eigenvalue weighted by molar-refractivity contribution is -0.113. The summed E-state index contributed by atoms with van der Waals surface area (Å²) >= 11 is 0. The molecule has 0 atom stereocenters. The van der Waals surface area contributed by atoms with Gasteiger partial charge in [-0.05, 0) is 45.0 Å². The molecule has 1 heterocycles. The van der Waals surface area contributed by atoms with Gasteiger partial charge in [-0.3, -0.25) is 9.59 Å². The number of benzene rings is 2. The van der Waals surface area contributed by atoms with Gasteiger partial charge in [-0.1, -0.05) is 30.3 Å². The van der Waals surface area contributed by atoms with Crippen LogP contribution in [0.15, 0.2) is 54.1 Å². The zero-order valence-electron chi connectivity index (χ0n) is 15.1. The van der Waals surface area contributed by atoms with E-state index in [1.807, 2.05) is 51.1 Å². The van der Waals surface area contributed by atoms with Gasteiger partial charge in [0.1, 0.15) is 12.4 Å². The maximum absolute atomic E-state index is 12.6. The van der Waals surface area contributed by atoms with Crippen molar-refractivity contribution in [1.82, 2.24) is 5.32 Å². The third-order valence-electron chi connectivity index (χ3n) is 3.83. The molecule has 0 aromatic heterocycles. The number of amides is 2. The summed E-state index contributed by atoms with van der Waals surface area (Å²) < 4.78 is 5.63. The first-order valence-corrected chi connectivity index (χ1v) is 8.49. The molecule has 1 aliphatic rings. The highest BCUT2D eigenvalue weighted by Crippen LogP contribution is 2.26. The van der Waals surface area contributed by atoms with E-state index >= 15 is 0 Å². The lowest BCUT2D eigenvalue weighted by Crippen LogP contribution is -2.41. The SMILES string of the molecule is CC(C)(C)NC(=O)c1ccccc1NC(=O)C1=Cc2ccccc2OC1. The van der Waals surface area contributed by atoms with Crippen molar-refractivity contribution in [3.63, 3.8) is 0 Å². The normalized spacial score (nSPS) is 13.1. The van der Waals surface area contributed by atoms with Gasteiger partial charge >= 0.3 is 0 Å². The molecule has 0 aliphatic carbocycles. The molecule has 5 heteroatoms. The summed E-state index contributed by atoms with van der Waals surface area (Å²) in [6.07, 6.45) is 1.81. The van der Waals surface area contributed by atoms with Gasteiger partial charge in [-0.15, -0.1) is 0 Å². The number of ether oxygens (including phenoxy) is 1. The first kappa shape index (κ1) is 17.7. The predicted molar refractivity (Wildman–Crippen MR) is 102 cm³/mol. The summed E-state index contributed by atoms with van der Waals surface area (Å²) in [5.41, 5.74) is 1.90. The van der Waals surface area contributed by atoms with Crippen LogP contribution < -0.4 is 15.4 Å². The smallest absolute Gasteiger partial charge is 0.255 e. The number of hydrogen-bond acceptors (Lipinski definition) is 3. The van der Waals surface area contributed by atoms with Crippen LogP contribution in [0, 0.1) is 0 Å². The Bertz CT molecular complexity index is 879. The second-order valence-corrected chi connectivity index (χ2v) is 7.20. The van der Waals surface area contributed by atoms with Crippen molar-refractivity contribution in [1.29, 1.82) is 0 Å². The summed E-state index contributed by atoms with van der Waals surface area (Å²) in [6, 6.07) is 14.5. The first-order chi connectivity index (χ1) is 12.3. The molecule has 1 aliphatic heterocycles. The van der Waals surface area contributed by atoms with Gasteiger partial charge in [0.2, 0.25) is 0 Å². The number of para-hydroxylation sites is 2. The maximum atomic E-state index is 12.6. The molecular weight excluding hydrogens is 328 g/mol. The largest absolute Gasteiger partial charge is 0.488 e. The van der Waals surface area contributed by atoms with E-state index in [0.717, 1.165) is 11.3 Å². The van der Waals surface area contributed by atoms with Gasteiger partial charge in [0, 0.05) is 11.1 Å². The van der Waals surface area contributed by atoms with Gasteiger partial charge in [0.15, 0.2) is 0 Å². The van der Waals surface area contributed by atoms with Crippen LogP contribution in [0.3, 0.4) is 0 Å². The summed E-state index contributed by atoms with van der Waals surface area (Å²) in [4.78, 5) is 25.1. The van der Waals surface area contributed by atoms with Crippen molar-refractivity contribution in [2.75, 3.05) is 11.9 Å². The molecule has 26 heavy (non-hydrogen) atoms. The highest BCUT2D eigenvalue weighted by Gasteiger charge is 2.21. The van der Waals surface area contributed by atoms with Crippen LogP contribution in [-0.2, 0) is 4.79 Å². The zero-order valence-corrected chi connectivity index (χ0v) is 15.1. The molecule has 0 unspecified atom stereocenters. The van der Waals surface area contributed by atoms with Crippen LogP contribution in [0.5, 0.6) is 5.75 Å². The topological polar surface area (TPSA) is 67.4 Å². The van der Waals surface area contributed by atoms with Crippen LogP contribution in [0.2, 0.25) is 0 Å². The minimum absolute atomic E-state index is 0.194. The second-order valence-electron chi connectivity index (χ2n) is 7.20. The van der Waals surface area contributed by atoms with Crippen molar-refractivity contribution in [2.24, 2.45) is 0 Å². The molecule has 0 saturated carbocycles. The van der Waals surface area contributed by atoms with E-state index < -0.39 is 0 Å². The van der Waals surface area contributed by atoms with Crippen LogP contribution in [-0.4, -0.2) is 24.0 Å². The lowest BCUT2D eigenvalue weighted by Gasteiger charge is -2.22. The Morgan fingerprint density at radius 3 is 2.42 bits per heavy atom. The molecule has 2 aromatic carbocycles. The molecule has 0 fully saturated rings. The monoisotopic (exact) mass is 350 g/mol. The van der Waals surface area contributed by atoms with Gasteiger partial charge in [0.05, 0.1) is 16.8 Å². The molecule has 0 spiro atoms. The van der Waals surface area contributed by atoms with Crippen LogP contribution in [0.25, 0.3) is 6.08 Å². The minimum Gasteiger partial charge on any atom is -0.488 e. The van der Waals surface area contributed by atoms with Crippen LogP contribution >= 0.6 is 0 Å². The molecule has 2 aromatic rings. The number of anilines is 1. The molecule has 2 N–H and O–H groups in total. The molecule has 5 nitrogen and oxygen atoms in total. The van der Waals surface area contributed by atoms with Crippen LogP contribution in [0.1, 0.15) is 36.7 Å². The second kappa shape index (κ2) is 7.04. The summed E-state index contributed by atoms with van der Waals surface area (Å²) in [6.45, 7) is 5.92. The summed E-state index contributed by atoms with van der Waals surface area (Å²) in [5.74, 6) is 0.247. The van der Waals surface area contributed by atoms with Crippen LogP contribution in [0.4, 0.5) is 5.69 Å². The highest BCUT2D eigenvalue weighted by molar-refractivity contribution is 6.11. The summed E-state index contributed by atoms with van der Waals surface area (Å²) in [7, 11) is 0. The third kappa shape index (κ3) is 4.11. The Labute approximate surface area is 153 Å². The fraction of sp³-hybridized carbons (Fsp3) is 0.238. The van der Waals surface area contributed by atoms with E-state index in [-0.39, 0.29) is 24.0 Å². The lowest BCUT2D eigenvalue weighted by atomic mass is 10.1. The Hall–Kier alpha value is -3.08. The number of hydrogen-bond donors (Lipinski definition) is 2. The molecule has 134 valence electrons. The van der Waals surface area contributed by atoms with Crippen molar-refractivity contribution in [2.45, 2.75) is 26.3 Å². The first-order valence-electron chi connectivity index (χ1n) is 8.49. The van der Waals surface area contributed by atoms with E-state index in [4.69, 9.17) is 4.74 Å². The van der Waals surface area contributed by atoms with Gasteiger partial charge in [0.25, 0.3) is 11.8 Å². The summed E-state index contributed by atoms with van der Waals surface area (Å²) in [5, 5.41) is 5.74. The van der Waals surface area contributed by atoms with Crippen molar-refractivity contribution in [3.05, 3.63) is 65.2 Å². The van der Waals surface area contributed by atoms with E-state index in [0.29, 0.717) is 16.8 Å². The average molecular weight is 350 g/mol. The van der Waals surface area contributed by atoms with E-state index in [9.17, 15) is 9.59 Å². The Kier molecular flexibility index (Phi) is 4.80. The van der Waals surface area contributed by atoms with Crippen molar-refractivity contribution >= 4 is 23.6 Å². The minimum atomic E-state index is -0.363. The van der Waals surface area contributed by atoms with Crippen molar-refractivity contribution < 1.29 is 14.3 Å². The fourth-order valence-corrected chi connectivity index (χ4v) is 2.65. The van der Waals surface area contributed by atoms with E-state index in [2.05, 4.69) is 10.6 Å².